The summed E-state index contributed by atoms with van der Waals surface area (Å²) in [5.74, 6) is 0.460. The molecule has 24 heavy (non-hydrogen) atoms. The van der Waals surface area contributed by atoms with Gasteiger partial charge < -0.3 is 5.32 Å². The predicted octanol–water partition coefficient (Wildman–Crippen LogP) is 3.61. The van der Waals surface area contributed by atoms with Crippen molar-refractivity contribution in [2.75, 3.05) is 5.75 Å². The van der Waals surface area contributed by atoms with Crippen LogP contribution in [-0.4, -0.2) is 32.3 Å². The average Bonchev–Trinajstić information content (AvgIpc) is 3.32. The summed E-state index contributed by atoms with van der Waals surface area (Å²) < 4.78 is 2.04. The van der Waals surface area contributed by atoms with E-state index in [0.717, 1.165) is 34.2 Å². The van der Waals surface area contributed by atoms with Gasteiger partial charge in [0.25, 0.3) is 0 Å². The van der Waals surface area contributed by atoms with Gasteiger partial charge in [0.2, 0.25) is 10.9 Å². The summed E-state index contributed by atoms with van der Waals surface area (Å²) in [6.07, 6.45) is 4.65. The van der Waals surface area contributed by atoms with Crippen LogP contribution in [0.25, 0.3) is 16.2 Å². The lowest BCUT2D eigenvalue weighted by Crippen LogP contribution is -2.33. The Labute approximate surface area is 148 Å². The molecule has 1 aliphatic rings. The number of thioether (sulfide) groups is 1. The van der Waals surface area contributed by atoms with E-state index < -0.39 is 0 Å². The van der Waals surface area contributed by atoms with E-state index in [1.807, 2.05) is 22.6 Å². The molecule has 4 rings (SSSR count). The number of nitrogens with zero attached hydrogens (tertiary/aromatic N) is 3. The summed E-state index contributed by atoms with van der Waals surface area (Å²) in [7, 11) is 0. The minimum Gasteiger partial charge on any atom is -0.353 e. The van der Waals surface area contributed by atoms with E-state index in [1.54, 1.807) is 11.3 Å². The number of carbonyl (C=O) groups excluding carboxylic acids is 1. The van der Waals surface area contributed by atoms with E-state index in [0.29, 0.717) is 11.8 Å². The molecule has 0 saturated heterocycles. The molecule has 1 amide bonds. The monoisotopic (exact) mass is 358 g/mol. The number of aromatic nitrogens is 3. The van der Waals surface area contributed by atoms with Crippen LogP contribution in [0.1, 0.15) is 25.7 Å². The van der Waals surface area contributed by atoms with Crippen molar-refractivity contribution >= 4 is 34.0 Å². The molecule has 1 N–H and O–H groups in total. The lowest BCUT2D eigenvalue weighted by atomic mass is 10.2. The third-order valence-corrected chi connectivity index (χ3v) is 5.99. The first-order valence-corrected chi connectivity index (χ1v) is 9.98. The number of carbonyl (C=O) groups is 1. The Morgan fingerprint density at radius 1 is 1.25 bits per heavy atom. The predicted molar refractivity (Wildman–Crippen MR) is 97.4 cm³/mol. The van der Waals surface area contributed by atoms with Crippen molar-refractivity contribution in [1.82, 2.24) is 19.9 Å². The standard InChI is InChI=1S/C17H18N4OS2/c22-15(18-13-8-4-5-9-13)11-24-17-20-19-16-21(17)14(10-23-16)12-6-2-1-3-7-12/h1-3,6-7,10,13H,4-5,8-9,11H2,(H,18,22). The van der Waals surface area contributed by atoms with Crippen molar-refractivity contribution in [2.24, 2.45) is 0 Å². The Hall–Kier alpha value is -1.86. The molecule has 5 nitrogen and oxygen atoms in total. The molecule has 1 aliphatic carbocycles. The van der Waals surface area contributed by atoms with E-state index in [1.165, 1.54) is 24.6 Å². The van der Waals surface area contributed by atoms with Crippen molar-refractivity contribution in [3.05, 3.63) is 35.7 Å². The Morgan fingerprint density at radius 3 is 2.83 bits per heavy atom. The zero-order chi connectivity index (χ0) is 16.4. The van der Waals surface area contributed by atoms with Gasteiger partial charge in [0.05, 0.1) is 11.4 Å². The van der Waals surface area contributed by atoms with Crippen molar-refractivity contribution < 1.29 is 4.79 Å². The molecule has 1 fully saturated rings. The molecule has 0 bridgehead atoms. The van der Waals surface area contributed by atoms with Crippen molar-refractivity contribution in [3.63, 3.8) is 0 Å². The molecule has 2 aromatic heterocycles. The fourth-order valence-corrected chi connectivity index (χ4v) is 4.72. The molecule has 124 valence electrons. The number of amides is 1. The summed E-state index contributed by atoms with van der Waals surface area (Å²) in [5, 5.41) is 14.4. The smallest absolute Gasteiger partial charge is 0.230 e. The van der Waals surface area contributed by atoms with Crippen LogP contribution in [0.3, 0.4) is 0 Å². The summed E-state index contributed by atoms with van der Waals surface area (Å²) in [6.45, 7) is 0. The Kier molecular flexibility index (Phi) is 4.53. The van der Waals surface area contributed by atoms with Crippen LogP contribution in [0.4, 0.5) is 0 Å². The third-order valence-electron chi connectivity index (χ3n) is 4.24. The summed E-state index contributed by atoms with van der Waals surface area (Å²) in [5.41, 5.74) is 2.19. The van der Waals surface area contributed by atoms with Crippen LogP contribution in [0.5, 0.6) is 0 Å². The second-order valence-corrected chi connectivity index (χ2v) is 7.70. The Morgan fingerprint density at radius 2 is 2.04 bits per heavy atom. The number of rotatable bonds is 5. The zero-order valence-electron chi connectivity index (χ0n) is 13.1. The topological polar surface area (TPSA) is 59.3 Å². The molecule has 0 atom stereocenters. The molecule has 2 heterocycles. The van der Waals surface area contributed by atoms with Crippen molar-refractivity contribution in [1.29, 1.82) is 0 Å². The fraction of sp³-hybridized carbons (Fsp3) is 0.353. The lowest BCUT2D eigenvalue weighted by Gasteiger charge is -2.11. The number of fused-ring (bicyclic) bond motifs is 1. The highest BCUT2D eigenvalue weighted by molar-refractivity contribution is 7.99. The van der Waals surface area contributed by atoms with Crippen LogP contribution in [-0.2, 0) is 4.79 Å². The molecule has 3 aromatic rings. The van der Waals surface area contributed by atoms with E-state index in [2.05, 4.69) is 33.0 Å². The highest BCUT2D eigenvalue weighted by Crippen LogP contribution is 2.29. The van der Waals surface area contributed by atoms with E-state index in [9.17, 15) is 4.79 Å². The van der Waals surface area contributed by atoms with Crippen LogP contribution in [0.15, 0.2) is 40.9 Å². The molecule has 1 aromatic carbocycles. The van der Waals surface area contributed by atoms with E-state index in [-0.39, 0.29) is 5.91 Å². The van der Waals surface area contributed by atoms with Crippen LogP contribution in [0, 0.1) is 0 Å². The number of nitrogens with one attached hydrogen (secondary N) is 1. The Balaban J connectivity index is 1.50. The molecular formula is C17H18N4OS2. The van der Waals surface area contributed by atoms with Gasteiger partial charge in [0.1, 0.15) is 0 Å². The van der Waals surface area contributed by atoms with Gasteiger partial charge in [0, 0.05) is 11.4 Å². The van der Waals surface area contributed by atoms with Gasteiger partial charge in [-0.2, -0.15) is 0 Å². The van der Waals surface area contributed by atoms with Gasteiger partial charge in [-0.25, -0.2) is 0 Å². The lowest BCUT2D eigenvalue weighted by molar-refractivity contribution is -0.119. The molecule has 0 aliphatic heterocycles. The highest BCUT2D eigenvalue weighted by Gasteiger charge is 2.19. The van der Waals surface area contributed by atoms with Crippen LogP contribution >= 0.6 is 23.1 Å². The molecule has 0 unspecified atom stereocenters. The molecule has 7 heteroatoms. The number of hydrogen-bond acceptors (Lipinski definition) is 5. The van der Waals surface area contributed by atoms with Crippen LogP contribution < -0.4 is 5.32 Å². The molecule has 1 saturated carbocycles. The van der Waals surface area contributed by atoms with Gasteiger partial charge in [-0.15, -0.1) is 21.5 Å². The first-order valence-electron chi connectivity index (χ1n) is 8.11. The van der Waals surface area contributed by atoms with Gasteiger partial charge in [0.15, 0.2) is 5.16 Å². The quantitative estimate of drug-likeness (QED) is 0.708. The van der Waals surface area contributed by atoms with Gasteiger partial charge in [-0.3, -0.25) is 9.20 Å². The normalized spacial score (nSPS) is 15.2. The number of benzene rings is 1. The van der Waals surface area contributed by atoms with Gasteiger partial charge >= 0.3 is 0 Å². The third kappa shape index (κ3) is 3.18. The minimum absolute atomic E-state index is 0.0835. The highest BCUT2D eigenvalue weighted by atomic mass is 32.2. The maximum Gasteiger partial charge on any atom is 0.230 e. The summed E-state index contributed by atoms with van der Waals surface area (Å²) in [6, 6.07) is 10.5. The van der Waals surface area contributed by atoms with Gasteiger partial charge in [-0.05, 0) is 18.4 Å². The van der Waals surface area contributed by atoms with Crippen molar-refractivity contribution in [2.45, 2.75) is 36.9 Å². The minimum atomic E-state index is 0.0835. The first-order chi connectivity index (χ1) is 11.8. The second kappa shape index (κ2) is 6.94. The maximum absolute atomic E-state index is 12.1. The van der Waals surface area contributed by atoms with E-state index >= 15 is 0 Å². The molecule has 0 radical (unpaired) electrons. The fourth-order valence-electron chi connectivity index (χ4n) is 3.07. The number of hydrogen-bond donors (Lipinski definition) is 1. The molecular weight excluding hydrogens is 340 g/mol. The van der Waals surface area contributed by atoms with Crippen LogP contribution in [0.2, 0.25) is 0 Å². The average molecular weight is 358 g/mol. The van der Waals surface area contributed by atoms with Gasteiger partial charge in [-0.1, -0.05) is 54.9 Å². The number of thiazole rings is 1. The Bertz CT molecular complexity index is 837. The van der Waals surface area contributed by atoms with E-state index in [4.69, 9.17) is 0 Å². The first kappa shape index (κ1) is 15.7. The summed E-state index contributed by atoms with van der Waals surface area (Å²) in [4.78, 5) is 13.0. The largest absolute Gasteiger partial charge is 0.353 e. The summed E-state index contributed by atoms with van der Waals surface area (Å²) >= 11 is 3.01. The maximum atomic E-state index is 12.1. The van der Waals surface area contributed by atoms with Crippen molar-refractivity contribution in [3.8, 4) is 11.3 Å². The molecule has 0 spiro atoms. The second-order valence-electron chi connectivity index (χ2n) is 5.93. The zero-order valence-corrected chi connectivity index (χ0v) is 14.8. The SMILES string of the molecule is O=C(CSc1nnc2scc(-c3ccccc3)n12)NC1CCCC1.